The van der Waals surface area contributed by atoms with Crippen LogP contribution in [0.5, 0.6) is 0 Å². The smallest absolute Gasteiger partial charge is 0.289 e. The predicted molar refractivity (Wildman–Crippen MR) is 130 cm³/mol. The summed E-state index contributed by atoms with van der Waals surface area (Å²) in [7, 11) is 0. The summed E-state index contributed by atoms with van der Waals surface area (Å²) in [6.45, 7) is 5.56. The minimum absolute atomic E-state index is 0.0987. The molecular weight excluding hydrogens is 432 g/mol. The number of amides is 3. The number of benzene rings is 2. The van der Waals surface area contributed by atoms with E-state index in [0.717, 1.165) is 11.1 Å². The van der Waals surface area contributed by atoms with Gasteiger partial charge in [-0.1, -0.05) is 74.5 Å². The average Bonchev–Trinajstić information content (AvgIpc) is 2.82. The highest BCUT2D eigenvalue weighted by Crippen LogP contribution is 2.09. The molecule has 0 aliphatic rings. The Morgan fingerprint density at radius 3 is 1.82 bits per heavy atom. The molecule has 3 atom stereocenters. The van der Waals surface area contributed by atoms with Crippen LogP contribution in [0.25, 0.3) is 0 Å². The summed E-state index contributed by atoms with van der Waals surface area (Å²) in [6.07, 6.45) is 0.497. The van der Waals surface area contributed by atoms with Gasteiger partial charge in [-0.15, -0.1) is 0 Å². The third-order valence-corrected chi connectivity index (χ3v) is 5.19. The molecule has 5 N–H and O–H groups in total. The molecule has 2 aromatic carbocycles. The van der Waals surface area contributed by atoms with Crippen molar-refractivity contribution in [2.45, 2.75) is 58.3 Å². The SMILES string of the molecule is CC(C)C[C@H](NC(=O)[C@H](C)N)C(=O)N[C@@H](Cc1ccccc1)C(=O)C(=O)NCc1ccccc1. The van der Waals surface area contributed by atoms with E-state index < -0.39 is 41.6 Å². The molecule has 0 fully saturated rings. The Labute approximate surface area is 200 Å². The van der Waals surface area contributed by atoms with Crippen molar-refractivity contribution < 1.29 is 19.2 Å². The molecule has 0 heterocycles. The normalized spacial score (nSPS) is 13.4. The zero-order valence-electron chi connectivity index (χ0n) is 19.9. The maximum atomic E-state index is 13.1. The second kappa shape index (κ2) is 13.3. The van der Waals surface area contributed by atoms with Gasteiger partial charge < -0.3 is 21.7 Å². The Hall–Kier alpha value is -3.52. The standard InChI is InChI=1S/C26H34N4O4/c1-17(2)14-22(30-24(32)18(3)27)25(33)29-21(15-19-10-6-4-7-11-19)23(31)26(34)28-16-20-12-8-5-9-13-20/h4-13,17-18,21-22H,14-16,27H2,1-3H3,(H,28,34)(H,29,33)(H,30,32)/t18-,21-,22-/m0/s1. The minimum atomic E-state index is -1.09. The van der Waals surface area contributed by atoms with Crippen LogP contribution < -0.4 is 21.7 Å². The van der Waals surface area contributed by atoms with Gasteiger partial charge in [0.2, 0.25) is 17.6 Å². The lowest BCUT2D eigenvalue weighted by Gasteiger charge is -2.24. The van der Waals surface area contributed by atoms with E-state index in [4.69, 9.17) is 5.73 Å². The number of ketones is 1. The summed E-state index contributed by atoms with van der Waals surface area (Å²) in [6, 6.07) is 15.6. The summed E-state index contributed by atoms with van der Waals surface area (Å²) < 4.78 is 0. The van der Waals surface area contributed by atoms with Gasteiger partial charge in [0.25, 0.3) is 5.91 Å². The van der Waals surface area contributed by atoms with E-state index in [1.54, 1.807) is 0 Å². The van der Waals surface area contributed by atoms with Crippen LogP contribution in [0.4, 0.5) is 0 Å². The van der Waals surface area contributed by atoms with E-state index in [1.807, 2.05) is 74.5 Å². The van der Waals surface area contributed by atoms with Crippen LogP contribution in [-0.2, 0) is 32.1 Å². The first kappa shape index (κ1) is 26.7. The second-order valence-corrected chi connectivity index (χ2v) is 8.76. The molecule has 3 amide bonds. The number of hydrogen-bond donors (Lipinski definition) is 4. The predicted octanol–water partition coefficient (Wildman–Crippen LogP) is 1.48. The first-order valence-electron chi connectivity index (χ1n) is 11.4. The third-order valence-electron chi connectivity index (χ3n) is 5.19. The minimum Gasteiger partial charge on any atom is -0.345 e. The van der Waals surface area contributed by atoms with Gasteiger partial charge in [0.15, 0.2) is 0 Å². The van der Waals surface area contributed by atoms with Crippen LogP contribution >= 0.6 is 0 Å². The van der Waals surface area contributed by atoms with Crippen molar-refractivity contribution in [1.29, 1.82) is 0 Å². The van der Waals surface area contributed by atoms with E-state index in [1.165, 1.54) is 6.92 Å². The van der Waals surface area contributed by atoms with E-state index in [2.05, 4.69) is 16.0 Å². The summed E-state index contributed by atoms with van der Waals surface area (Å²) >= 11 is 0. The van der Waals surface area contributed by atoms with Crippen LogP contribution in [0.2, 0.25) is 0 Å². The van der Waals surface area contributed by atoms with E-state index in [9.17, 15) is 19.2 Å². The first-order valence-corrected chi connectivity index (χ1v) is 11.4. The van der Waals surface area contributed by atoms with Crippen LogP contribution in [0.1, 0.15) is 38.3 Å². The van der Waals surface area contributed by atoms with Crippen LogP contribution in [0, 0.1) is 5.92 Å². The van der Waals surface area contributed by atoms with Gasteiger partial charge in [-0.25, -0.2) is 0 Å². The molecule has 2 aromatic rings. The molecule has 0 spiro atoms. The zero-order valence-corrected chi connectivity index (χ0v) is 19.9. The lowest BCUT2D eigenvalue weighted by molar-refractivity contribution is -0.140. The summed E-state index contributed by atoms with van der Waals surface area (Å²) in [5, 5.41) is 7.95. The molecular formula is C26H34N4O4. The van der Waals surface area contributed by atoms with Crippen molar-refractivity contribution in [1.82, 2.24) is 16.0 Å². The van der Waals surface area contributed by atoms with Gasteiger partial charge in [-0.05, 0) is 30.4 Å². The second-order valence-electron chi connectivity index (χ2n) is 8.76. The molecule has 2 rings (SSSR count). The lowest BCUT2D eigenvalue weighted by Crippen LogP contribution is -2.56. The molecule has 0 saturated carbocycles. The maximum Gasteiger partial charge on any atom is 0.289 e. The number of nitrogens with one attached hydrogen (secondary N) is 3. The van der Waals surface area contributed by atoms with Crippen molar-refractivity contribution in [2.75, 3.05) is 0 Å². The summed E-state index contributed by atoms with van der Waals surface area (Å²) in [4.78, 5) is 50.9. The van der Waals surface area contributed by atoms with Gasteiger partial charge in [0, 0.05) is 13.0 Å². The number of Topliss-reactive ketones (excluding diaryl/α,β-unsaturated/α-hetero) is 1. The molecule has 34 heavy (non-hydrogen) atoms. The molecule has 0 unspecified atom stereocenters. The highest BCUT2D eigenvalue weighted by Gasteiger charge is 2.31. The van der Waals surface area contributed by atoms with Crippen LogP contribution in [0.3, 0.4) is 0 Å². The summed E-state index contributed by atoms with van der Waals surface area (Å²) in [5.74, 6) is -2.44. The Balaban J connectivity index is 2.17. The Morgan fingerprint density at radius 2 is 1.29 bits per heavy atom. The highest BCUT2D eigenvalue weighted by molar-refractivity contribution is 6.38. The number of rotatable bonds is 12. The maximum absolute atomic E-state index is 13.1. The van der Waals surface area contributed by atoms with E-state index in [-0.39, 0.29) is 18.9 Å². The van der Waals surface area contributed by atoms with E-state index in [0.29, 0.717) is 6.42 Å². The molecule has 0 radical (unpaired) electrons. The number of nitrogens with two attached hydrogens (primary N) is 1. The molecule has 0 aromatic heterocycles. The largest absolute Gasteiger partial charge is 0.345 e. The van der Waals surface area contributed by atoms with Crippen molar-refractivity contribution in [3.8, 4) is 0 Å². The van der Waals surface area contributed by atoms with E-state index >= 15 is 0 Å². The van der Waals surface area contributed by atoms with Crippen LogP contribution in [-0.4, -0.2) is 41.6 Å². The fourth-order valence-electron chi connectivity index (χ4n) is 3.36. The summed E-state index contributed by atoms with van der Waals surface area (Å²) in [5.41, 5.74) is 7.28. The van der Waals surface area contributed by atoms with Gasteiger partial charge in [0.05, 0.1) is 6.04 Å². The molecule has 8 heteroatoms. The van der Waals surface area contributed by atoms with Crippen molar-refractivity contribution >= 4 is 23.5 Å². The van der Waals surface area contributed by atoms with Gasteiger partial charge in [-0.2, -0.15) is 0 Å². The molecule has 0 saturated heterocycles. The van der Waals surface area contributed by atoms with Gasteiger partial charge in [0.1, 0.15) is 12.1 Å². The molecule has 0 aliphatic carbocycles. The lowest BCUT2D eigenvalue weighted by atomic mass is 9.99. The zero-order chi connectivity index (χ0) is 25.1. The number of carbonyl (C=O) groups excluding carboxylic acids is 4. The van der Waals surface area contributed by atoms with Crippen molar-refractivity contribution in [3.63, 3.8) is 0 Å². The van der Waals surface area contributed by atoms with Gasteiger partial charge >= 0.3 is 0 Å². The molecule has 182 valence electrons. The van der Waals surface area contributed by atoms with Crippen molar-refractivity contribution in [2.24, 2.45) is 11.7 Å². The fourth-order valence-corrected chi connectivity index (χ4v) is 3.36. The third kappa shape index (κ3) is 8.78. The molecule has 0 bridgehead atoms. The molecule has 8 nitrogen and oxygen atoms in total. The highest BCUT2D eigenvalue weighted by atomic mass is 16.2. The monoisotopic (exact) mass is 466 g/mol. The average molecular weight is 467 g/mol. The Kier molecular flexibility index (Phi) is 10.4. The van der Waals surface area contributed by atoms with Gasteiger partial charge in [-0.3, -0.25) is 19.2 Å². The quantitative estimate of drug-likeness (QED) is 0.352. The van der Waals surface area contributed by atoms with Crippen LogP contribution in [0.15, 0.2) is 60.7 Å². The number of carbonyl (C=O) groups is 4. The first-order chi connectivity index (χ1) is 16.2. The Morgan fingerprint density at radius 1 is 0.765 bits per heavy atom. The molecule has 0 aliphatic heterocycles. The fraction of sp³-hybridized carbons (Fsp3) is 0.385. The number of hydrogen-bond acceptors (Lipinski definition) is 5. The Bertz CT molecular complexity index is 961. The topological polar surface area (TPSA) is 130 Å². The van der Waals surface area contributed by atoms with Crippen molar-refractivity contribution in [3.05, 3.63) is 71.8 Å².